The smallest absolute Gasteiger partial charge is 0.238 e. The number of benzene rings is 2. The van der Waals surface area contributed by atoms with Gasteiger partial charge in [0.15, 0.2) is 0 Å². The SMILES string of the molecule is C=C(Nc1ccc(NC(=O)CNC)cc1)c1c(F)cc(OCCOC)cc1N=CC.CC(C)CC=O.CCCC. The molecule has 0 atom stereocenters. The Kier molecular flexibility index (Phi) is 20.3. The van der Waals surface area contributed by atoms with Gasteiger partial charge in [0.1, 0.15) is 24.5 Å². The molecule has 2 aromatic carbocycles. The number of amides is 1. The van der Waals surface area contributed by atoms with E-state index in [9.17, 15) is 14.0 Å². The van der Waals surface area contributed by atoms with Crippen molar-refractivity contribution in [3.63, 3.8) is 0 Å². The van der Waals surface area contributed by atoms with Gasteiger partial charge in [-0.05, 0) is 44.2 Å². The van der Waals surface area contributed by atoms with Gasteiger partial charge in [-0.15, -0.1) is 0 Å². The second-order valence-electron chi connectivity index (χ2n) is 9.08. The van der Waals surface area contributed by atoms with Crippen LogP contribution in [-0.4, -0.2) is 52.3 Å². The minimum atomic E-state index is -0.501. The molecule has 0 saturated carbocycles. The topological polar surface area (TPSA) is 101 Å². The molecule has 3 N–H and O–H groups in total. The minimum absolute atomic E-state index is 0.139. The molecule has 9 heteroatoms. The molecule has 2 rings (SSSR count). The Morgan fingerprint density at radius 1 is 1.07 bits per heavy atom. The highest BCUT2D eigenvalue weighted by Gasteiger charge is 2.15. The van der Waals surface area contributed by atoms with E-state index in [-0.39, 0.29) is 18.0 Å². The summed E-state index contributed by atoms with van der Waals surface area (Å²) in [6.07, 6.45) is 5.86. The van der Waals surface area contributed by atoms with Gasteiger partial charge in [-0.25, -0.2) is 4.39 Å². The van der Waals surface area contributed by atoms with E-state index in [0.717, 1.165) is 6.29 Å². The molecule has 0 unspecified atom stereocenters. The van der Waals surface area contributed by atoms with Crippen LogP contribution in [0.3, 0.4) is 0 Å². The van der Waals surface area contributed by atoms with Crippen LogP contribution < -0.4 is 20.7 Å². The number of methoxy groups -OCH3 is 1. The predicted molar refractivity (Wildman–Crippen MR) is 165 cm³/mol. The summed E-state index contributed by atoms with van der Waals surface area (Å²) in [5.41, 5.74) is 2.35. The number of hydrogen-bond donors (Lipinski definition) is 3. The summed E-state index contributed by atoms with van der Waals surface area (Å²) in [6, 6.07) is 9.98. The summed E-state index contributed by atoms with van der Waals surface area (Å²) in [5.74, 6) is 0.254. The minimum Gasteiger partial charge on any atom is -0.491 e. The summed E-state index contributed by atoms with van der Waals surface area (Å²) in [6.45, 7) is 15.0. The monoisotopic (exact) mass is 558 g/mol. The Balaban J connectivity index is 0.00000130. The Hall–Kier alpha value is -3.56. The molecule has 0 saturated heterocycles. The Morgan fingerprint density at radius 2 is 1.68 bits per heavy atom. The maximum Gasteiger partial charge on any atom is 0.238 e. The Morgan fingerprint density at radius 3 is 2.12 bits per heavy atom. The Bertz CT molecular complexity index is 1040. The van der Waals surface area contributed by atoms with Crippen LogP contribution in [0.1, 0.15) is 59.4 Å². The number of carbonyl (C=O) groups is 2. The lowest BCUT2D eigenvalue weighted by atomic mass is 10.1. The first-order chi connectivity index (χ1) is 19.2. The average molecular weight is 559 g/mol. The number of rotatable bonds is 14. The molecule has 0 aliphatic rings. The van der Waals surface area contributed by atoms with Crippen molar-refractivity contribution in [2.45, 2.75) is 53.9 Å². The van der Waals surface area contributed by atoms with Gasteiger partial charge in [-0.2, -0.15) is 0 Å². The lowest BCUT2D eigenvalue weighted by Crippen LogP contribution is -2.24. The zero-order chi connectivity index (χ0) is 30.3. The highest BCUT2D eigenvalue weighted by atomic mass is 19.1. The van der Waals surface area contributed by atoms with Gasteiger partial charge in [0.25, 0.3) is 0 Å². The first-order valence-electron chi connectivity index (χ1n) is 13.5. The third kappa shape index (κ3) is 15.8. The maximum atomic E-state index is 14.8. The number of nitrogens with one attached hydrogen (secondary N) is 3. The first kappa shape index (κ1) is 36.4. The Labute approximate surface area is 239 Å². The number of unbranched alkanes of at least 4 members (excludes halogenated alkanes) is 1. The molecule has 8 nitrogen and oxygen atoms in total. The van der Waals surface area contributed by atoms with Crippen LogP contribution >= 0.6 is 0 Å². The quantitative estimate of drug-likeness (QED) is 0.133. The van der Waals surface area contributed by atoms with Crippen molar-refractivity contribution in [2.75, 3.05) is 44.5 Å². The van der Waals surface area contributed by atoms with Crippen LogP contribution in [-0.2, 0) is 14.3 Å². The maximum absolute atomic E-state index is 14.8. The summed E-state index contributed by atoms with van der Waals surface area (Å²) in [4.78, 5) is 25.5. The zero-order valence-electron chi connectivity index (χ0n) is 25.1. The molecule has 1 amide bonds. The molecule has 0 spiro atoms. The van der Waals surface area contributed by atoms with E-state index < -0.39 is 5.82 Å². The molecule has 222 valence electrons. The number of nitrogens with zero attached hydrogens (tertiary/aromatic N) is 1. The summed E-state index contributed by atoms with van der Waals surface area (Å²) >= 11 is 0. The van der Waals surface area contributed by atoms with Gasteiger partial charge in [0.2, 0.25) is 5.91 Å². The number of ether oxygens (including phenoxy) is 2. The number of aldehydes is 1. The van der Waals surface area contributed by atoms with Crippen molar-refractivity contribution in [1.29, 1.82) is 0 Å². The third-order valence-electron chi connectivity index (χ3n) is 5.04. The first-order valence-corrected chi connectivity index (χ1v) is 13.5. The molecule has 0 bridgehead atoms. The summed E-state index contributed by atoms with van der Waals surface area (Å²) < 4.78 is 25.3. The van der Waals surface area contributed by atoms with Crippen LogP contribution in [0.2, 0.25) is 0 Å². The molecule has 0 radical (unpaired) electrons. The fourth-order valence-corrected chi connectivity index (χ4v) is 2.87. The van der Waals surface area contributed by atoms with Crippen molar-refractivity contribution in [3.05, 3.63) is 54.4 Å². The van der Waals surface area contributed by atoms with Gasteiger partial charge < -0.3 is 30.2 Å². The molecule has 0 aliphatic heterocycles. The lowest BCUT2D eigenvalue weighted by molar-refractivity contribution is -0.115. The average Bonchev–Trinajstić information content (AvgIpc) is 2.90. The number of likely N-dealkylation sites (N-methyl/N-ethyl adjacent to an activating group) is 1. The van der Waals surface area contributed by atoms with Gasteiger partial charge in [0, 0.05) is 48.9 Å². The van der Waals surface area contributed by atoms with Crippen molar-refractivity contribution in [2.24, 2.45) is 10.9 Å². The molecular weight excluding hydrogens is 511 g/mol. The van der Waals surface area contributed by atoms with Crippen LogP contribution in [0, 0.1) is 11.7 Å². The van der Waals surface area contributed by atoms with Gasteiger partial charge in [-0.1, -0.05) is 47.1 Å². The van der Waals surface area contributed by atoms with Crippen LogP contribution in [0.5, 0.6) is 5.75 Å². The molecule has 2 aromatic rings. The zero-order valence-corrected chi connectivity index (χ0v) is 25.1. The molecule has 0 heterocycles. The van der Waals surface area contributed by atoms with Crippen molar-refractivity contribution in [3.8, 4) is 5.75 Å². The van der Waals surface area contributed by atoms with Gasteiger partial charge in [0.05, 0.1) is 24.4 Å². The molecule has 0 aromatic heterocycles. The van der Waals surface area contributed by atoms with Crippen LogP contribution in [0.15, 0.2) is 48.0 Å². The highest BCUT2D eigenvalue weighted by Crippen LogP contribution is 2.33. The van der Waals surface area contributed by atoms with E-state index >= 15 is 0 Å². The standard InChI is InChI=1S/C22H27FN4O3.C5H10O.C4H10/c1-5-25-20-13-18(30-11-10-29-4)12-19(23)22(20)15(2)26-16-6-8-17(9-7-16)27-21(28)14-24-3;1-5(2)3-4-6;1-3-4-2/h5-9,12-13,24,26H,2,10-11,14H2,1,3-4H3,(H,27,28);4-5H,3H2,1-2H3;3-4H2,1-2H3. The largest absolute Gasteiger partial charge is 0.491 e. The van der Waals surface area contributed by atoms with Gasteiger partial charge in [-0.3, -0.25) is 9.79 Å². The molecular formula is C31H47FN4O4. The number of hydrogen-bond acceptors (Lipinski definition) is 7. The van der Waals surface area contributed by atoms with E-state index in [1.807, 2.05) is 13.8 Å². The van der Waals surface area contributed by atoms with E-state index in [1.54, 1.807) is 57.6 Å². The second-order valence-corrected chi connectivity index (χ2v) is 9.08. The van der Waals surface area contributed by atoms with E-state index in [2.05, 4.69) is 41.4 Å². The predicted octanol–water partition coefficient (Wildman–Crippen LogP) is 6.85. The number of anilines is 2. The van der Waals surface area contributed by atoms with Crippen molar-refractivity contribution >= 4 is 41.2 Å². The normalized spacial score (nSPS) is 10.2. The fourth-order valence-electron chi connectivity index (χ4n) is 2.87. The van der Waals surface area contributed by atoms with Crippen LogP contribution in [0.25, 0.3) is 5.70 Å². The molecule has 40 heavy (non-hydrogen) atoms. The van der Waals surface area contributed by atoms with Crippen LogP contribution in [0.4, 0.5) is 21.5 Å². The van der Waals surface area contributed by atoms with Crippen molar-refractivity contribution in [1.82, 2.24) is 5.32 Å². The number of aliphatic imine (C=N–C) groups is 1. The van der Waals surface area contributed by atoms with Crippen molar-refractivity contribution < 1.29 is 23.5 Å². The molecule has 0 aliphatic carbocycles. The van der Waals surface area contributed by atoms with E-state index in [1.165, 1.54) is 18.9 Å². The van der Waals surface area contributed by atoms with E-state index in [0.29, 0.717) is 54.1 Å². The lowest BCUT2D eigenvalue weighted by Gasteiger charge is -2.15. The third-order valence-corrected chi connectivity index (χ3v) is 5.04. The summed E-state index contributed by atoms with van der Waals surface area (Å²) in [7, 11) is 3.27. The highest BCUT2D eigenvalue weighted by molar-refractivity contribution is 5.92. The number of carbonyl (C=O) groups excluding carboxylic acids is 2. The summed E-state index contributed by atoms with van der Waals surface area (Å²) in [5, 5.41) is 8.63. The second kappa shape index (κ2) is 22.3. The number of halogens is 1. The van der Waals surface area contributed by atoms with E-state index in [4.69, 9.17) is 9.47 Å². The van der Waals surface area contributed by atoms with Gasteiger partial charge >= 0.3 is 0 Å². The fraction of sp³-hybridized carbons (Fsp3) is 0.452. The molecule has 0 fully saturated rings.